The van der Waals surface area contributed by atoms with Crippen LogP contribution in [0.2, 0.25) is 0 Å². The van der Waals surface area contributed by atoms with Crippen molar-refractivity contribution in [3.05, 3.63) is 45.9 Å². The highest BCUT2D eigenvalue weighted by atomic mass is 32.1. The molecular formula is C13H15NO2S. The molecule has 0 fully saturated rings. The van der Waals surface area contributed by atoms with Crippen LogP contribution in [0, 0.1) is 0 Å². The molecule has 1 heterocycles. The summed E-state index contributed by atoms with van der Waals surface area (Å²) in [6.45, 7) is 1.76. The largest absolute Gasteiger partial charge is 0.508 e. The molecule has 17 heavy (non-hydrogen) atoms. The number of aromatic hydroxyl groups is 1. The van der Waals surface area contributed by atoms with Gasteiger partial charge in [0.2, 0.25) is 0 Å². The van der Waals surface area contributed by atoms with Crippen LogP contribution in [-0.4, -0.2) is 21.3 Å². The minimum absolute atomic E-state index is 0.281. The molecule has 0 radical (unpaired) electrons. The quantitative estimate of drug-likeness (QED) is 0.874. The van der Waals surface area contributed by atoms with Crippen LogP contribution in [0.25, 0.3) is 0 Å². The number of aromatic nitrogens is 1. The lowest BCUT2D eigenvalue weighted by Gasteiger charge is -2.00. The summed E-state index contributed by atoms with van der Waals surface area (Å²) in [5, 5.41) is 21.6. The first-order chi connectivity index (χ1) is 8.13. The molecule has 0 bridgehead atoms. The summed E-state index contributed by atoms with van der Waals surface area (Å²) in [4.78, 5) is 4.45. The second-order valence-electron chi connectivity index (χ2n) is 4.13. The van der Waals surface area contributed by atoms with Crippen molar-refractivity contribution in [1.82, 2.24) is 4.98 Å². The van der Waals surface area contributed by atoms with Crippen LogP contribution in [0.4, 0.5) is 0 Å². The lowest BCUT2D eigenvalue weighted by molar-refractivity contribution is 0.194. The third-order valence-electron chi connectivity index (χ3n) is 2.37. The molecule has 0 saturated heterocycles. The van der Waals surface area contributed by atoms with Gasteiger partial charge in [-0.15, -0.1) is 11.3 Å². The zero-order valence-corrected chi connectivity index (χ0v) is 10.4. The highest BCUT2D eigenvalue weighted by Crippen LogP contribution is 2.18. The molecule has 0 aliphatic heterocycles. The Morgan fingerprint density at radius 2 is 2.24 bits per heavy atom. The Bertz CT molecular complexity index is 494. The van der Waals surface area contributed by atoms with Crippen molar-refractivity contribution < 1.29 is 10.2 Å². The van der Waals surface area contributed by atoms with E-state index in [1.807, 2.05) is 17.5 Å². The first kappa shape index (κ1) is 12.1. The smallest absolute Gasteiger partial charge is 0.115 e. The van der Waals surface area contributed by atoms with E-state index >= 15 is 0 Å². The zero-order chi connectivity index (χ0) is 12.3. The van der Waals surface area contributed by atoms with Crippen molar-refractivity contribution in [2.45, 2.75) is 25.9 Å². The summed E-state index contributed by atoms with van der Waals surface area (Å²) in [6, 6.07) is 7.20. The molecule has 1 aromatic carbocycles. The predicted octanol–water partition coefficient (Wildman–Crippen LogP) is 2.36. The van der Waals surface area contributed by atoms with E-state index in [4.69, 9.17) is 0 Å². The first-order valence-corrected chi connectivity index (χ1v) is 6.40. The number of aliphatic hydroxyl groups is 1. The van der Waals surface area contributed by atoms with E-state index in [9.17, 15) is 10.2 Å². The van der Waals surface area contributed by atoms with E-state index < -0.39 is 0 Å². The van der Waals surface area contributed by atoms with Crippen LogP contribution in [-0.2, 0) is 12.8 Å². The van der Waals surface area contributed by atoms with Gasteiger partial charge >= 0.3 is 0 Å². The topological polar surface area (TPSA) is 53.4 Å². The molecule has 3 nitrogen and oxygen atoms in total. The van der Waals surface area contributed by atoms with Crippen molar-refractivity contribution in [2.24, 2.45) is 0 Å². The molecule has 0 aliphatic carbocycles. The van der Waals surface area contributed by atoms with Crippen LogP contribution in [0.5, 0.6) is 5.75 Å². The maximum absolute atomic E-state index is 9.37. The summed E-state index contributed by atoms with van der Waals surface area (Å²) < 4.78 is 0. The number of phenols is 1. The van der Waals surface area contributed by atoms with E-state index in [2.05, 4.69) is 4.98 Å². The van der Waals surface area contributed by atoms with Gasteiger partial charge in [0.1, 0.15) is 5.75 Å². The molecule has 0 spiro atoms. The molecule has 0 amide bonds. The van der Waals surface area contributed by atoms with Gasteiger partial charge in [-0.1, -0.05) is 12.1 Å². The normalized spacial score (nSPS) is 12.6. The number of nitrogens with zero attached hydrogens (tertiary/aromatic N) is 1. The van der Waals surface area contributed by atoms with E-state index in [0.717, 1.165) is 22.7 Å². The fraction of sp³-hybridized carbons (Fsp3) is 0.308. The second-order valence-corrected chi connectivity index (χ2v) is 5.08. The fourth-order valence-corrected chi connectivity index (χ4v) is 2.51. The minimum atomic E-state index is -0.356. The average Bonchev–Trinajstić information content (AvgIpc) is 2.64. The van der Waals surface area contributed by atoms with Gasteiger partial charge in [-0.05, 0) is 24.6 Å². The van der Waals surface area contributed by atoms with Crippen molar-refractivity contribution in [3.63, 3.8) is 0 Å². The highest BCUT2D eigenvalue weighted by molar-refractivity contribution is 7.09. The van der Waals surface area contributed by atoms with E-state index in [1.54, 1.807) is 30.4 Å². The number of aliphatic hydroxyl groups excluding tert-OH is 1. The second kappa shape index (κ2) is 5.29. The van der Waals surface area contributed by atoms with Crippen LogP contribution >= 0.6 is 11.3 Å². The SMILES string of the molecule is CC(O)Cc1csc(Cc2cccc(O)c2)n1. The first-order valence-electron chi connectivity index (χ1n) is 5.53. The third kappa shape index (κ3) is 3.54. The van der Waals surface area contributed by atoms with E-state index in [1.165, 1.54) is 0 Å². The maximum atomic E-state index is 9.37. The van der Waals surface area contributed by atoms with Gasteiger partial charge in [-0.3, -0.25) is 0 Å². The Kier molecular flexibility index (Phi) is 3.76. The molecule has 0 aliphatic rings. The number of phenolic OH excluding ortho intramolecular Hbond substituents is 1. The molecule has 2 N–H and O–H groups in total. The number of hydrogen-bond acceptors (Lipinski definition) is 4. The Morgan fingerprint density at radius 1 is 1.41 bits per heavy atom. The van der Waals surface area contributed by atoms with Gasteiger partial charge in [-0.2, -0.15) is 0 Å². The number of rotatable bonds is 4. The van der Waals surface area contributed by atoms with Crippen molar-refractivity contribution >= 4 is 11.3 Å². The highest BCUT2D eigenvalue weighted by Gasteiger charge is 2.06. The van der Waals surface area contributed by atoms with Crippen LogP contribution < -0.4 is 0 Å². The monoisotopic (exact) mass is 249 g/mol. The van der Waals surface area contributed by atoms with Gasteiger partial charge in [-0.25, -0.2) is 4.98 Å². The molecule has 0 saturated carbocycles. The Hall–Kier alpha value is -1.39. The average molecular weight is 249 g/mol. The van der Waals surface area contributed by atoms with Crippen LogP contribution in [0.3, 0.4) is 0 Å². The fourth-order valence-electron chi connectivity index (χ4n) is 1.67. The van der Waals surface area contributed by atoms with Gasteiger partial charge < -0.3 is 10.2 Å². The summed E-state index contributed by atoms with van der Waals surface area (Å²) >= 11 is 1.59. The minimum Gasteiger partial charge on any atom is -0.508 e. The van der Waals surface area contributed by atoms with Gasteiger partial charge in [0, 0.05) is 18.2 Å². The predicted molar refractivity (Wildman–Crippen MR) is 68.4 cm³/mol. The molecule has 1 aromatic heterocycles. The van der Waals surface area contributed by atoms with Gasteiger partial charge in [0.15, 0.2) is 0 Å². The van der Waals surface area contributed by atoms with E-state index in [-0.39, 0.29) is 11.9 Å². The van der Waals surface area contributed by atoms with E-state index in [0.29, 0.717) is 6.42 Å². The number of thiazole rings is 1. The molecule has 90 valence electrons. The standard InChI is InChI=1S/C13H15NO2S/c1-9(15)5-11-8-17-13(14-11)7-10-3-2-4-12(16)6-10/h2-4,6,8-9,15-16H,5,7H2,1H3. The lowest BCUT2D eigenvalue weighted by Crippen LogP contribution is -2.04. The Labute approximate surface area is 104 Å². The zero-order valence-electron chi connectivity index (χ0n) is 9.63. The lowest BCUT2D eigenvalue weighted by atomic mass is 10.1. The summed E-state index contributed by atoms with van der Waals surface area (Å²) in [5.74, 6) is 0.281. The summed E-state index contributed by atoms with van der Waals surface area (Å²) in [6.07, 6.45) is 0.959. The Balaban J connectivity index is 2.06. The number of hydrogen-bond donors (Lipinski definition) is 2. The van der Waals surface area contributed by atoms with Crippen molar-refractivity contribution in [3.8, 4) is 5.75 Å². The molecule has 4 heteroatoms. The molecule has 1 unspecified atom stereocenters. The van der Waals surface area contributed by atoms with Crippen molar-refractivity contribution in [1.29, 1.82) is 0 Å². The van der Waals surface area contributed by atoms with Crippen LogP contribution in [0.15, 0.2) is 29.6 Å². The third-order valence-corrected chi connectivity index (χ3v) is 3.27. The van der Waals surface area contributed by atoms with Crippen LogP contribution in [0.1, 0.15) is 23.2 Å². The molecular weight excluding hydrogens is 234 g/mol. The number of benzene rings is 1. The van der Waals surface area contributed by atoms with Gasteiger partial charge in [0.05, 0.1) is 16.8 Å². The summed E-state index contributed by atoms with van der Waals surface area (Å²) in [7, 11) is 0. The molecule has 2 aromatic rings. The van der Waals surface area contributed by atoms with Gasteiger partial charge in [0.25, 0.3) is 0 Å². The molecule has 1 atom stereocenters. The maximum Gasteiger partial charge on any atom is 0.115 e. The summed E-state index contributed by atoms with van der Waals surface area (Å²) in [5.41, 5.74) is 1.98. The van der Waals surface area contributed by atoms with Crippen molar-refractivity contribution in [2.75, 3.05) is 0 Å². The Morgan fingerprint density at radius 3 is 2.94 bits per heavy atom. The molecule has 2 rings (SSSR count).